The van der Waals surface area contributed by atoms with E-state index in [4.69, 9.17) is 4.74 Å². The molecule has 8 nitrogen and oxygen atoms in total. The van der Waals surface area contributed by atoms with Crippen molar-refractivity contribution < 1.29 is 24.2 Å². The Morgan fingerprint density at radius 3 is 2.38 bits per heavy atom. The summed E-state index contributed by atoms with van der Waals surface area (Å²) in [7, 11) is 0. The summed E-state index contributed by atoms with van der Waals surface area (Å²) >= 11 is 1.45. The van der Waals surface area contributed by atoms with Crippen LogP contribution in [0.3, 0.4) is 0 Å². The summed E-state index contributed by atoms with van der Waals surface area (Å²) in [6.07, 6.45) is -1.32. The lowest BCUT2D eigenvalue weighted by molar-refractivity contribution is -0.146. The molecule has 0 bridgehead atoms. The highest BCUT2D eigenvalue weighted by Crippen LogP contribution is 2.23. The molecular formula is C31H35N3O5S. The van der Waals surface area contributed by atoms with Gasteiger partial charge in [-0.1, -0.05) is 72.8 Å². The molecule has 4 rings (SSSR count). The van der Waals surface area contributed by atoms with Gasteiger partial charge in [0.15, 0.2) is 12.7 Å². The number of para-hydroxylation sites is 1. The summed E-state index contributed by atoms with van der Waals surface area (Å²) < 4.78 is 5.66. The predicted octanol–water partition coefficient (Wildman–Crippen LogP) is 2.99. The number of aliphatic hydroxyl groups excluding tert-OH is 1. The Kier molecular flexibility index (Phi) is 10.2. The van der Waals surface area contributed by atoms with Crippen molar-refractivity contribution in [2.45, 2.75) is 45.0 Å². The van der Waals surface area contributed by atoms with Gasteiger partial charge < -0.3 is 25.4 Å². The van der Waals surface area contributed by atoms with Crippen LogP contribution < -0.4 is 15.4 Å². The number of benzene rings is 3. The molecule has 0 aliphatic carbocycles. The van der Waals surface area contributed by atoms with Gasteiger partial charge in [0.2, 0.25) is 5.91 Å². The lowest BCUT2D eigenvalue weighted by Crippen LogP contribution is -2.56. The van der Waals surface area contributed by atoms with Gasteiger partial charge in [0, 0.05) is 12.3 Å². The molecule has 0 spiro atoms. The van der Waals surface area contributed by atoms with Crippen LogP contribution in [-0.2, 0) is 27.3 Å². The summed E-state index contributed by atoms with van der Waals surface area (Å²) in [5.74, 6) is -0.0354. The first kappa shape index (κ1) is 29.2. The highest BCUT2D eigenvalue weighted by Gasteiger charge is 2.40. The van der Waals surface area contributed by atoms with Crippen LogP contribution >= 0.6 is 11.8 Å². The maximum absolute atomic E-state index is 13.5. The third-order valence-corrected chi connectivity index (χ3v) is 7.93. The molecule has 3 amide bonds. The molecule has 0 radical (unpaired) electrons. The lowest BCUT2D eigenvalue weighted by Gasteiger charge is -2.30. The third-order valence-electron chi connectivity index (χ3n) is 6.91. The SMILES string of the molecule is Cc1ccccc1CNC(=O)[C@@H]1CSCN1C(=O)[C@@H](O)[C@H](Cc1ccccc1)NC(=O)COc1ccccc1C. The monoisotopic (exact) mass is 561 g/mol. The molecule has 3 N–H and O–H groups in total. The van der Waals surface area contributed by atoms with E-state index in [1.165, 1.54) is 16.7 Å². The number of nitrogens with one attached hydrogen (secondary N) is 2. The summed E-state index contributed by atoms with van der Waals surface area (Å²) in [6, 6.07) is 22.8. The molecule has 3 atom stereocenters. The van der Waals surface area contributed by atoms with Gasteiger partial charge in [-0.05, 0) is 48.6 Å². The minimum atomic E-state index is -1.55. The number of ether oxygens (including phenoxy) is 1. The van der Waals surface area contributed by atoms with Crippen LogP contribution in [0.1, 0.15) is 22.3 Å². The van der Waals surface area contributed by atoms with E-state index >= 15 is 0 Å². The van der Waals surface area contributed by atoms with Crippen LogP contribution in [0.5, 0.6) is 5.75 Å². The minimum absolute atomic E-state index is 0.231. The number of aryl methyl sites for hydroxylation is 2. The van der Waals surface area contributed by atoms with Crippen molar-refractivity contribution in [2.24, 2.45) is 0 Å². The first-order chi connectivity index (χ1) is 19.3. The second-order valence-corrected chi connectivity index (χ2v) is 10.8. The third kappa shape index (κ3) is 7.64. The first-order valence-electron chi connectivity index (χ1n) is 13.2. The number of hydrogen-bond donors (Lipinski definition) is 3. The topological polar surface area (TPSA) is 108 Å². The van der Waals surface area contributed by atoms with Crippen LogP contribution in [-0.4, -0.2) is 64.2 Å². The quantitative estimate of drug-likeness (QED) is 0.332. The smallest absolute Gasteiger partial charge is 0.258 e. The van der Waals surface area contributed by atoms with E-state index < -0.39 is 30.0 Å². The number of aliphatic hydroxyl groups is 1. The molecule has 3 aromatic carbocycles. The van der Waals surface area contributed by atoms with Crippen molar-refractivity contribution in [2.75, 3.05) is 18.2 Å². The fourth-order valence-corrected chi connectivity index (χ4v) is 5.71. The molecule has 0 saturated carbocycles. The summed E-state index contributed by atoms with van der Waals surface area (Å²) in [5, 5.41) is 17.0. The van der Waals surface area contributed by atoms with Gasteiger partial charge in [-0.25, -0.2) is 0 Å². The van der Waals surface area contributed by atoms with Crippen molar-refractivity contribution in [1.29, 1.82) is 0 Å². The standard InChI is InChI=1S/C31H35N3O5S/c1-21-10-6-8-14-24(21)17-32-30(37)26-19-40-20-34(26)31(38)29(36)25(16-23-12-4-3-5-13-23)33-28(35)18-39-27-15-9-7-11-22(27)2/h3-15,25-26,29,36H,16-20H2,1-2H3,(H,32,37)(H,33,35)/t25-,26-,29-/m0/s1. The van der Waals surface area contributed by atoms with Crippen molar-refractivity contribution in [3.05, 3.63) is 101 Å². The Hall–Kier alpha value is -3.82. The molecule has 1 fully saturated rings. The summed E-state index contributed by atoms with van der Waals surface area (Å²) in [6.45, 7) is 3.95. The molecular weight excluding hydrogens is 526 g/mol. The highest BCUT2D eigenvalue weighted by molar-refractivity contribution is 7.99. The Bertz CT molecular complexity index is 1320. The van der Waals surface area contributed by atoms with Gasteiger partial charge in [0.25, 0.3) is 11.8 Å². The van der Waals surface area contributed by atoms with E-state index in [-0.39, 0.29) is 24.8 Å². The number of hydrogen-bond acceptors (Lipinski definition) is 6. The molecule has 1 aliphatic rings. The van der Waals surface area contributed by atoms with E-state index in [9.17, 15) is 19.5 Å². The van der Waals surface area contributed by atoms with Crippen molar-refractivity contribution >= 4 is 29.5 Å². The Labute approximate surface area is 239 Å². The zero-order valence-corrected chi connectivity index (χ0v) is 23.5. The van der Waals surface area contributed by atoms with E-state index in [0.717, 1.165) is 22.3 Å². The fraction of sp³-hybridized carbons (Fsp3) is 0.323. The number of rotatable bonds is 11. The van der Waals surface area contributed by atoms with Crippen molar-refractivity contribution in [1.82, 2.24) is 15.5 Å². The molecule has 9 heteroatoms. The number of thioether (sulfide) groups is 1. The summed E-state index contributed by atoms with van der Waals surface area (Å²) in [4.78, 5) is 40.8. The molecule has 210 valence electrons. The largest absolute Gasteiger partial charge is 0.484 e. The zero-order valence-electron chi connectivity index (χ0n) is 22.7. The number of amides is 3. The molecule has 0 aromatic heterocycles. The van der Waals surface area contributed by atoms with Gasteiger partial charge in [-0.3, -0.25) is 14.4 Å². The molecule has 40 heavy (non-hydrogen) atoms. The highest BCUT2D eigenvalue weighted by atomic mass is 32.2. The van der Waals surface area contributed by atoms with E-state index in [1.807, 2.05) is 86.6 Å². The Morgan fingerprint density at radius 2 is 1.65 bits per heavy atom. The lowest BCUT2D eigenvalue weighted by atomic mass is 9.99. The van der Waals surface area contributed by atoms with E-state index in [0.29, 0.717) is 18.0 Å². The Balaban J connectivity index is 1.42. The fourth-order valence-electron chi connectivity index (χ4n) is 4.55. The van der Waals surface area contributed by atoms with Crippen molar-refractivity contribution in [3.8, 4) is 5.75 Å². The normalized spacial score (nSPS) is 16.2. The molecule has 1 aliphatic heterocycles. The summed E-state index contributed by atoms with van der Waals surface area (Å²) in [5.41, 5.74) is 3.81. The predicted molar refractivity (Wildman–Crippen MR) is 156 cm³/mol. The molecule has 0 unspecified atom stereocenters. The second kappa shape index (κ2) is 14.0. The molecule has 1 heterocycles. The molecule has 3 aromatic rings. The zero-order chi connectivity index (χ0) is 28.5. The minimum Gasteiger partial charge on any atom is -0.484 e. The van der Waals surface area contributed by atoms with Gasteiger partial charge >= 0.3 is 0 Å². The van der Waals surface area contributed by atoms with Gasteiger partial charge in [-0.2, -0.15) is 0 Å². The molecule has 1 saturated heterocycles. The van der Waals surface area contributed by atoms with Gasteiger partial charge in [0.05, 0.1) is 11.9 Å². The van der Waals surface area contributed by atoms with Crippen LogP contribution in [0.25, 0.3) is 0 Å². The first-order valence-corrected chi connectivity index (χ1v) is 14.4. The van der Waals surface area contributed by atoms with Crippen LogP contribution in [0.2, 0.25) is 0 Å². The van der Waals surface area contributed by atoms with E-state index in [1.54, 1.807) is 6.07 Å². The van der Waals surface area contributed by atoms with E-state index in [2.05, 4.69) is 10.6 Å². The average Bonchev–Trinajstić information content (AvgIpc) is 3.46. The number of nitrogens with zero attached hydrogens (tertiary/aromatic N) is 1. The van der Waals surface area contributed by atoms with Gasteiger partial charge in [0.1, 0.15) is 11.8 Å². The van der Waals surface area contributed by atoms with Crippen LogP contribution in [0.15, 0.2) is 78.9 Å². The number of carbonyl (C=O) groups excluding carboxylic acids is 3. The Morgan fingerprint density at radius 1 is 0.975 bits per heavy atom. The maximum atomic E-state index is 13.5. The maximum Gasteiger partial charge on any atom is 0.258 e. The van der Waals surface area contributed by atoms with Crippen molar-refractivity contribution in [3.63, 3.8) is 0 Å². The van der Waals surface area contributed by atoms with Crippen LogP contribution in [0.4, 0.5) is 0 Å². The van der Waals surface area contributed by atoms with Gasteiger partial charge in [-0.15, -0.1) is 11.8 Å². The van der Waals surface area contributed by atoms with Crippen LogP contribution in [0, 0.1) is 13.8 Å². The second-order valence-electron chi connectivity index (χ2n) is 9.83. The number of carbonyl (C=O) groups is 3. The average molecular weight is 562 g/mol.